The van der Waals surface area contributed by atoms with E-state index < -0.39 is 16.1 Å². The number of aliphatic hydroxyl groups is 1. The summed E-state index contributed by atoms with van der Waals surface area (Å²) in [6.07, 6.45) is 0.252. The summed E-state index contributed by atoms with van der Waals surface area (Å²) >= 11 is 0. The van der Waals surface area contributed by atoms with Gasteiger partial charge in [0, 0.05) is 6.04 Å². The quantitative estimate of drug-likeness (QED) is 0.818. The van der Waals surface area contributed by atoms with Crippen LogP contribution >= 0.6 is 0 Å². The smallest absolute Gasteiger partial charge is 0.240 e. The van der Waals surface area contributed by atoms with Gasteiger partial charge in [0.25, 0.3) is 0 Å². The lowest BCUT2D eigenvalue weighted by molar-refractivity contribution is 0.154. The fourth-order valence-corrected chi connectivity index (χ4v) is 3.72. The van der Waals surface area contributed by atoms with E-state index in [1.165, 1.54) is 0 Å². The van der Waals surface area contributed by atoms with Crippen molar-refractivity contribution >= 4 is 10.0 Å². The summed E-state index contributed by atoms with van der Waals surface area (Å²) < 4.78 is 27.6. The Kier molecular flexibility index (Phi) is 5.93. The van der Waals surface area contributed by atoms with Crippen LogP contribution < -0.4 is 4.72 Å². The second kappa shape index (κ2) is 7.73. The molecule has 2 N–H and O–H groups in total. The highest BCUT2D eigenvalue weighted by molar-refractivity contribution is 7.89. The van der Waals surface area contributed by atoms with Crippen LogP contribution in [0.15, 0.2) is 59.5 Å². The summed E-state index contributed by atoms with van der Waals surface area (Å²) in [4.78, 5) is 0.246. The third-order valence-corrected chi connectivity index (χ3v) is 5.37. The Balaban J connectivity index is 2.08. The van der Waals surface area contributed by atoms with Crippen molar-refractivity contribution < 1.29 is 13.5 Å². The second-order valence-corrected chi connectivity index (χ2v) is 7.42. The van der Waals surface area contributed by atoms with Crippen LogP contribution in [0.5, 0.6) is 0 Å². The lowest BCUT2D eigenvalue weighted by Gasteiger charge is -2.20. The van der Waals surface area contributed by atoms with Gasteiger partial charge in [0.15, 0.2) is 0 Å². The standard InChI is InChI=1S/C18H23NO3S/c1-3-16(13-18(20)15-7-5-4-6-8-15)19-23(21,22)17-11-9-14(2)10-12-17/h4-12,16,18-20H,3,13H2,1-2H3/t16-,18-/m0/s1. The maximum absolute atomic E-state index is 12.4. The second-order valence-electron chi connectivity index (χ2n) is 5.70. The zero-order valence-corrected chi connectivity index (χ0v) is 14.3. The molecule has 0 saturated carbocycles. The van der Waals surface area contributed by atoms with Crippen molar-refractivity contribution in [3.8, 4) is 0 Å². The summed E-state index contributed by atoms with van der Waals surface area (Å²) in [5.74, 6) is 0. The van der Waals surface area contributed by atoms with E-state index in [0.717, 1.165) is 11.1 Å². The maximum atomic E-state index is 12.4. The van der Waals surface area contributed by atoms with Gasteiger partial charge in [-0.2, -0.15) is 0 Å². The van der Waals surface area contributed by atoms with E-state index in [0.29, 0.717) is 12.8 Å². The fraction of sp³-hybridized carbons (Fsp3) is 0.333. The molecule has 0 saturated heterocycles. The molecule has 0 aliphatic heterocycles. The average Bonchev–Trinajstić information content (AvgIpc) is 2.55. The highest BCUT2D eigenvalue weighted by atomic mass is 32.2. The number of sulfonamides is 1. The van der Waals surface area contributed by atoms with Crippen molar-refractivity contribution in [2.75, 3.05) is 0 Å². The number of aliphatic hydroxyl groups excluding tert-OH is 1. The van der Waals surface area contributed by atoms with Crippen molar-refractivity contribution in [3.63, 3.8) is 0 Å². The van der Waals surface area contributed by atoms with Gasteiger partial charge in [0.05, 0.1) is 11.0 Å². The first-order valence-corrected chi connectivity index (χ1v) is 9.22. The lowest BCUT2D eigenvalue weighted by Crippen LogP contribution is -2.35. The highest BCUT2D eigenvalue weighted by Gasteiger charge is 2.21. The minimum atomic E-state index is -3.58. The Morgan fingerprint density at radius 2 is 1.65 bits per heavy atom. The van der Waals surface area contributed by atoms with Crippen molar-refractivity contribution in [2.24, 2.45) is 0 Å². The molecular formula is C18H23NO3S. The topological polar surface area (TPSA) is 66.4 Å². The van der Waals surface area contributed by atoms with E-state index in [-0.39, 0.29) is 10.9 Å². The lowest BCUT2D eigenvalue weighted by atomic mass is 10.0. The van der Waals surface area contributed by atoms with Crippen molar-refractivity contribution in [3.05, 3.63) is 65.7 Å². The number of benzene rings is 2. The SMILES string of the molecule is CC[C@@H](C[C@H](O)c1ccccc1)NS(=O)(=O)c1ccc(C)cc1. The fourth-order valence-electron chi connectivity index (χ4n) is 2.38. The minimum Gasteiger partial charge on any atom is -0.388 e. The summed E-state index contributed by atoms with van der Waals surface area (Å²) in [7, 11) is -3.58. The molecule has 0 bridgehead atoms. The predicted molar refractivity (Wildman–Crippen MR) is 91.6 cm³/mol. The normalized spacial score (nSPS) is 14.4. The van der Waals surface area contributed by atoms with Crippen molar-refractivity contribution in [2.45, 2.75) is 43.7 Å². The maximum Gasteiger partial charge on any atom is 0.240 e. The van der Waals surface area contributed by atoms with Gasteiger partial charge in [0.1, 0.15) is 0 Å². The molecule has 0 spiro atoms. The molecule has 0 heterocycles. The molecule has 0 aromatic heterocycles. The van der Waals surface area contributed by atoms with E-state index in [1.807, 2.05) is 44.2 Å². The van der Waals surface area contributed by atoms with Gasteiger partial charge in [-0.25, -0.2) is 13.1 Å². The van der Waals surface area contributed by atoms with Crippen LogP contribution in [-0.4, -0.2) is 19.6 Å². The Morgan fingerprint density at radius 1 is 1.04 bits per heavy atom. The van der Waals surface area contributed by atoms with E-state index in [4.69, 9.17) is 0 Å². The molecule has 5 heteroatoms. The number of aryl methyl sites for hydroxylation is 1. The van der Waals surface area contributed by atoms with Crippen LogP contribution in [0.2, 0.25) is 0 Å². The van der Waals surface area contributed by atoms with Gasteiger partial charge in [-0.15, -0.1) is 0 Å². The molecule has 2 rings (SSSR count). The summed E-state index contributed by atoms with van der Waals surface area (Å²) in [5.41, 5.74) is 1.80. The van der Waals surface area contributed by atoms with Crippen LogP contribution in [-0.2, 0) is 10.0 Å². The first-order chi connectivity index (χ1) is 10.9. The monoisotopic (exact) mass is 333 g/mol. The molecular weight excluding hydrogens is 310 g/mol. The van der Waals surface area contributed by atoms with Crippen molar-refractivity contribution in [1.29, 1.82) is 0 Å². The van der Waals surface area contributed by atoms with Crippen LogP contribution in [0.3, 0.4) is 0 Å². The molecule has 23 heavy (non-hydrogen) atoms. The molecule has 0 aliphatic rings. The number of hydrogen-bond acceptors (Lipinski definition) is 3. The molecule has 2 aromatic rings. The molecule has 0 radical (unpaired) electrons. The first kappa shape index (κ1) is 17.7. The number of rotatable bonds is 7. The van der Waals surface area contributed by atoms with Gasteiger partial charge in [0.2, 0.25) is 10.0 Å². The van der Waals surface area contributed by atoms with Crippen molar-refractivity contribution in [1.82, 2.24) is 4.72 Å². The van der Waals surface area contributed by atoms with E-state index in [2.05, 4.69) is 4.72 Å². The molecule has 0 amide bonds. The third-order valence-electron chi connectivity index (χ3n) is 3.84. The summed E-state index contributed by atoms with van der Waals surface area (Å²) in [5, 5.41) is 10.3. The molecule has 0 unspecified atom stereocenters. The largest absolute Gasteiger partial charge is 0.388 e. The Morgan fingerprint density at radius 3 is 2.22 bits per heavy atom. The number of nitrogens with one attached hydrogen (secondary N) is 1. The molecule has 0 aliphatic carbocycles. The van der Waals surface area contributed by atoms with Crippen LogP contribution in [0.1, 0.15) is 37.0 Å². The van der Waals surface area contributed by atoms with Crippen LogP contribution in [0, 0.1) is 6.92 Å². The molecule has 0 fully saturated rings. The Hall–Kier alpha value is -1.69. The van der Waals surface area contributed by atoms with E-state index in [1.54, 1.807) is 24.3 Å². The van der Waals surface area contributed by atoms with Crippen LogP contribution in [0.25, 0.3) is 0 Å². The van der Waals surface area contributed by atoms with E-state index in [9.17, 15) is 13.5 Å². The zero-order chi connectivity index (χ0) is 16.9. The van der Waals surface area contributed by atoms with E-state index >= 15 is 0 Å². The predicted octanol–water partition coefficient (Wildman–Crippen LogP) is 3.18. The van der Waals surface area contributed by atoms with Gasteiger partial charge in [-0.05, 0) is 37.5 Å². The Bertz CT molecular complexity index is 712. The minimum absolute atomic E-state index is 0.246. The van der Waals surface area contributed by atoms with Gasteiger partial charge in [-0.1, -0.05) is 55.0 Å². The molecule has 2 atom stereocenters. The van der Waals surface area contributed by atoms with Gasteiger partial charge in [-0.3, -0.25) is 0 Å². The highest BCUT2D eigenvalue weighted by Crippen LogP contribution is 2.20. The molecule has 124 valence electrons. The first-order valence-electron chi connectivity index (χ1n) is 7.74. The number of hydrogen-bond donors (Lipinski definition) is 2. The summed E-state index contributed by atoms with van der Waals surface area (Å²) in [6.45, 7) is 3.81. The molecule has 2 aromatic carbocycles. The molecule has 4 nitrogen and oxygen atoms in total. The third kappa shape index (κ3) is 4.89. The van der Waals surface area contributed by atoms with Crippen LogP contribution in [0.4, 0.5) is 0 Å². The zero-order valence-electron chi connectivity index (χ0n) is 13.4. The van der Waals surface area contributed by atoms with Gasteiger partial charge < -0.3 is 5.11 Å². The Labute approximate surface area is 138 Å². The van der Waals surface area contributed by atoms with Gasteiger partial charge >= 0.3 is 0 Å². The summed E-state index contributed by atoms with van der Waals surface area (Å²) in [6, 6.07) is 15.7. The average molecular weight is 333 g/mol.